The Labute approximate surface area is 155 Å². The fraction of sp³-hybridized carbons (Fsp3) is 0.222. The van der Waals surface area contributed by atoms with E-state index in [9.17, 15) is 8.42 Å². The van der Waals surface area contributed by atoms with Gasteiger partial charge in [0, 0.05) is 47.9 Å². The number of anilines is 1. The molecule has 1 N–H and O–H groups in total. The van der Waals surface area contributed by atoms with Crippen LogP contribution in [0.2, 0.25) is 0 Å². The maximum absolute atomic E-state index is 13.0. The summed E-state index contributed by atoms with van der Waals surface area (Å²) in [4.78, 5) is 2.55. The van der Waals surface area contributed by atoms with Gasteiger partial charge in [-0.05, 0) is 42.5 Å². The number of fused-ring (bicyclic) bond motifs is 1. The van der Waals surface area contributed by atoms with Crippen LogP contribution in [0.15, 0.2) is 64.1 Å². The van der Waals surface area contributed by atoms with Gasteiger partial charge in [0.2, 0.25) is 0 Å². The molecule has 0 atom stereocenters. The van der Waals surface area contributed by atoms with Crippen molar-refractivity contribution in [2.45, 2.75) is 4.90 Å². The zero-order valence-corrected chi connectivity index (χ0v) is 15.9. The van der Waals surface area contributed by atoms with Gasteiger partial charge in [0.1, 0.15) is 0 Å². The average molecular weight is 420 g/mol. The Morgan fingerprint density at radius 3 is 2.40 bits per heavy atom. The van der Waals surface area contributed by atoms with E-state index in [0.717, 1.165) is 41.7 Å². The van der Waals surface area contributed by atoms with Crippen LogP contribution in [-0.2, 0) is 10.0 Å². The predicted octanol–water partition coefficient (Wildman–Crippen LogP) is 3.05. The monoisotopic (exact) mass is 419 g/mol. The van der Waals surface area contributed by atoms with Crippen LogP contribution in [0.4, 0.5) is 5.69 Å². The average Bonchev–Trinajstić information content (AvgIpc) is 3.06. The summed E-state index contributed by atoms with van der Waals surface area (Å²) in [5.74, 6) is 0. The van der Waals surface area contributed by atoms with Gasteiger partial charge in [-0.15, -0.1) is 0 Å². The molecule has 1 aliphatic rings. The second-order valence-electron chi connectivity index (χ2n) is 6.05. The van der Waals surface area contributed by atoms with E-state index in [1.807, 2.05) is 36.4 Å². The van der Waals surface area contributed by atoms with Gasteiger partial charge in [0.05, 0.1) is 10.4 Å². The molecule has 7 heteroatoms. The lowest BCUT2D eigenvalue weighted by Crippen LogP contribution is -2.43. The van der Waals surface area contributed by atoms with E-state index >= 15 is 0 Å². The molecule has 0 amide bonds. The van der Waals surface area contributed by atoms with E-state index in [-0.39, 0.29) is 0 Å². The van der Waals surface area contributed by atoms with Crippen LogP contribution >= 0.6 is 15.9 Å². The minimum Gasteiger partial charge on any atom is -0.369 e. The number of piperazine rings is 1. The minimum absolute atomic E-state index is 0.295. The highest BCUT2D eigenvalue weighted by Gasteiger charge is 2.19. The molecule has 25 heavy (non-hydrogen) atoms. The first-order chi connectivity index (χ1) is 12.1. The number of hydrogen-bond donors (Lipinski definition) is 1. The second kappa shape index (κ2) is 6.48. The molecule has 0 saturated carbocycles. The number of hydrogen-bond acceptors (Lipinski definition) is 4. The lowest BCUT2D eigenvalue weighted by atomic mass is 10.2. The number of aromatic nitrogens is 1. The maximum atomic E-state index is 13.0. The van der Waals surface area contributed by atoms with E-state index < -0.39 is 10.0 Å². The third kappa shape index (κ3) is 3.07. The normalized spacial score (nSPS) is 15.6. The van der Waals surface area contributed by atoms with Crippen molar-refractivity contribution in [2.75, 3.05) is 31.1 Å². The SMILES string of the molecule is O=S(=O)(c1ccc(N2CCNCC2)cc1)n1ccc2ccc(Br)cc21. The molecular weight excluding hydrogens is 402 g/mol. The van der Waals surface area contributed by atoms with Crippen molar-refractivity contribution in [1.29, 1.82) is 0 Å². The Balaban J connectivity index is 1.71. The Kier molecular flexibility index (Phi) is 4.31. The van der Waals surface area contributed by atoms with Gasteiger partial charge in [-0.1, -0.05) is 22.0 Å². The van der Waals surface area contributed by atoms with E-state index in [0.29, 0.717) is 10.4 Å². The minimum atomic E-state index is -3.62. The maximum Gasteiger partial charge on any atom is 0.268 e. The number of benzene rings is 2. The topological polar surface area (TPSA) is 54.3 Å². The summed E-state index contributed by atoms with van der Waals surface area (Å²) in [6.07, 6.45) is 1.61. The molecule has 3 aromatic rings. The number of halogens is 1. The highest BCUT2D eigenvalue weighted by atomic mass is 79.9. The van der Waals surface area contributed by atoms with Crippen LogP contribution in [0, 0.1) is 0 Å². The second-order valence-corrected chi connectivity index (χ2v) is 8.78. The highest BCUT2D eigenvalue weighted by molar-refractivity contribution is 9.10. The predicted molar refractivity (Wildman–Crippen MR) is 104 cm³/mol. The Bertz CT molecular complexity index is 1010. The molecular formula is C18H18BrN3O2S. The van der Waals surface area contributed by atoms with E-state index in [4.69, 9.17) is 0 Å². The van der Waals surface area contributed by atoms with Gasteiger partial charge in [-0.2, -0.15) is 0 Å². The molecule has 1 aromatic heterocycles. The summed E-state index contributed by atoms with van der Waals surface area (Å²) in [6.45, 7) is 3.76. The van der Waals surface area contributed by atoms with E-state index in [1.165, 1.54) is 3.97 Å². The van der Waals surface area contributed by atoms with Crippen LogP contribution in [-0.4, -0.2) is 38.6 Å². The van der Waals surface area contributed by atoms with Gasteiger partial charge in [0.25, 0.3) is 10.0 Å². The molecule has 1 saturated heterocycles. The van der Waals surface area contributed by atoms with Crippen LogP contribution in [0.1, 0.15) is 0 Å². The van der Waals surface area contributed by atoms with Crippen molar-refractivity contribution in [3.63, 3.8) is 0 Å². The van der Waals surface area contributed by atoms with Crippen LogP contribution in [0.5, 0.6) is 0 Å². The van der Waals surface area contributed by atoms with Crippen molar-refractivity contribution in [3.8, 4) is 0 Å². The van der Waals surface area contributed by atoms with Crippen molar-refractivity contribution in [3.05, 3.63) is 59.2 Å². The molecule has 0 unspecified atom stereocenters. The van der Waals surface area contributed by atoms with Crippen molar-refractivity contribution in [1.82, 2.24) is 9.29 Å². The Hall–Kier alpha value is -1.83. The first-order valence-corrected chi connectivity index (χ1v) is 10.4. The van der Waals surface area contributed by atoms with Crippen molar-refractivity contribution >= 4 is 42.5 Å². The summed E-state index contributed by atoms with van der Waals surface area (Å²) in [5, 5.41) is 4.21. The zero-order valence-electron chi connectivity index (χ0n) is 13.5. The third-order valence-corrected chi connectivity index (χ3v) is 6.69. The first kappa shape index (κ1) is 16.6. The molecule has 0 bridgehead atoms. The third-order valence-electron chi connectivity index (χ3n) is 4.50. The lowest BCUT2D eigenvalue weighted by Gasteiger charge is -2.29. The number of rotatable bonds is 3. The molecule has 5 nitrogen and oxygen atoms in total. The van der Waals surface area contributed by atoms with Crippen LogP contribution in [0.3, 0.4) is 0 Å². The van der Waals surface area contributed by atoms with Crippen molar-refractivity contribution in [2.24, 2.45) is 0 Å². The molecule has 0 aliphatic carbocycles. The summed E-state index contributed by atoms with van der Waals surface area (Å²) >= 11 is 3.41. The smallest absolute Gasteiger partial charge is 0.268 e. The Morgan fingerprint density at radius 1 is 0.960 bits per heavy atom. The quantitative estimate of drug-likeness (QED) is 0.708. The largest absolute Gasteiger partial charge is 0.369 e. The molecule has 1 aliphatic heterocycles. The van der Waals surface area contributed by atoms with Gasteiger partial charge < -0.3 is 10.2 Å². The number of nitrogens with zero attached hydrogens (tertiary/aromatic N) is 2. The fourth-order valence-electron chi connectivity index (χ4n) is 3.15. The van der Waals surface area contributed by atoms with E-state index in [2.05, 4.69) is 26.1 Å². The summed E-state index contributed by atoms with van der Waals surface area (Å²) in [6, 6.07) is 14.6. The molecule has 4 rings (SSSR count). The molecule has 1 fully saturated rings. The summed E-state index contributed by atoms with van der Waals surface area (Å²) in [5.41, 5.74) is 1.72. The standard InChI is InChI=1S/C18H18BrN3O2S/c19-15-2-1-14-7-10-22(18(14)13-15)25(23,24)17-5-3-16(4-6-17)21-11-8-20-9-12-21/h1-7,10,13,20H,8-9,11-12H2. The first-order valence-electron chi connectivity index (χ1n) is 8.14. The van der Waals surface area contributed by atoms with Crippen LogP contribution in [0.25, 0.3) is 10.9 Å². The van der Waals surface area contributed by atoms with Gasteiger partial charge >= 0.3 is 0 Å². The number of nitrogens with one attached hydrogen (secondary N) is 1. The van der Waals surface area contributed by atoms with Gasteiger partial charge in [-0.3, -0.25) is 0 Å². The van der Waals surface area contributed by atoms with Crippen molar-refractivity contribution < 1.29 is 8.42 Å². The molecule has 130 valence electrons. The van der Waals surface area contributed by atoms with Crippen LogP contribution < -0.4 is 10.2 Å². The van der Waals surface area contributed by atoms with Gasteiger partial charge in [-0.25, -0.2) is 12.4 Å². The zero-order chi connectivity index (χ0) is 17.4. The summed E-state index contributed by atoms with van der Waals surface area (Å²) in [7, 11) is -3.62. The Morgan fingerprint density at radius 2 is 1.68 bits per heavy atom. The molecule has 0 spiro atoms. The lowest BCUT2D eigenvalue weighted by molar-refractivity contribution is 0.586. The summed E-state index contributed by atoms with van der Waals surface area (Å²) < 4.78 is 28.3. The molecule has 2 aromatic carbocycles. The molecule has 2 heterocycles. The fourth-order valence-corrected chi connectivity index (χ4v) is 4.85. The molecule has 0 radical (unpaired) electrons. The van der Waals surface area contributed by atoms with E-state index in [1.54, 1.807) is 18.3 Å². The van der Waals surface area contributed by atoms with Gasteiger partial charge in [0.15, 0.2) is 0 Å². The highest BCUT2D eigenvalue weighted by Crippen LogP contribution is 2.26.